The monoisotopic (exact) mass is 407 g/mol. The van der Waals surface area contributed by atoms with Crippen molar-refractivity contribution in [2.24, 2.45) is 5.92 Å². The van der Waals surface area contributed by atoms with Crippen LogP contribution >= 0.6 is 0 Å². The van der Waals surface area contributed by atoms with E-state index in [1.54, 1.807) is 4.57 Å². The molecule has 0 radical (unpaired) electrons. The predicted octanol–water partition coefficient (Wildman–Crippen LogP) is 1.73. The average molecular weight is 408 g/mol. The summed E-state index contributed by atoms with van der Waals surface area (Å²) in [5, 5.41) is 0. The van der Waals surface area contributed by atoms with Crippen LogP contribution in [0.2, 0.25) is 0 Å². The minimum atomic E-state index is -0.468. The van der Waals surface area contributed by atoms with E-state index < -0.39 is 11.2 Å². The molecular formula is C20H33N5O4. The molecule has 0 aliphatic heterocycles. The molecule has 2 aromatic rings. The van der Waals surface area contributed by atoms with Crippen LogP contribution in [0, 0.1) is 5.92 Å². The first kappa shape index (κ1) is 22.9. The Morgan fingerprint density at radius 2 is 1.83 bits per heavy atom. The highest BCUT2D eigenvalue weighted by molar-refractivity contribution is 5.76. The van der Waals surface area contributed by atoms with Crippen molar-refractivity contribution in [3.8, 4) is 0 Å². The van der Waals surface area contributed by atoms with Gasteiger partial charge in [0, 0.05) is 13.1 Å². The summed E-state index contributed by atoms with van der Waals surface area (Å²) >= 11 is 0. The highest BCUT2D eigenvalue weighted by atomic mass is 16.5. The fourth-order valence-electron chi connectivity index (χ4n) is 3.62. The zero-order chi connectivity index (χ0) is 21.7. The first-order valence-corrected chi connectivity index (χ1v) is 10.3. The van der Waals surface area contributed by atoms with E-state index in [-0.39, 0.29) is 24.5 Å². The number of fused-ring (bicyclic) bond motifs is 1. The van der Waals surface area contributed by atoms with Gasteiger partial charge in [-0.15, -0.1) is 0 Å². The summed E-state index contributed by atoms with van der Waals surface area (Å²) in [5.74, 6) is 0.226. The molecule has 0 saturated heterocycles. The van der Waals surface area contributed by atoms with E-state index in [0.717, 1.165) is 19.3 Å². The number of aryl methyl sites for hydroxylation is 2. The van der Waals surface area contributed by atoms with Crippen LogP contribution in [0.15, 0.2) is 9.59 Å². The second-order valence-electron chi connectivity index (χ2n) is 7.88. The second-order valence-corrected chi connectivity index (χ2v) is 7.88. The maximum atomic E-state index is 12.6. The minimum Gasteiger partial charge on any atom is -0.456 e. The summed E-state index contributed by atoms with van der Waals surface area (Å²) in [6.45, 7) is 8.91. The summed E-state index contributed by atoms with van der Waals surface area (Å²) in [4.78, 5) is 46.2. The van der Waals surface area contributed by atoms with Crippen molar-refractivity contribution >= 4 is 17.1 Å². The smallest absolute Gasteiger partial charge is 0.330 e. The van der Waals surface area contributed by atoms with E-state index in [1.165, 1.54) is 4.57 Å². The SMILES string of the molecule is CCCCn1c(=O)[nH]c(=O)c2c1nc(COC(=O)[C@H](C(C)C)N(C)C)n2CCC. The molecule has 1 N–H and O–H groups in total. The number of nitrogens with one attached hydrogen (secondary N) is 1. The molecule has 1 atom stereocenters. The molecule has 2 rings (SSSR count). The van der Waals surface area contributed by atoms with Gasteiger partial charge in [-0.3, -0.25) is 24.0 Å². The van der Waals surface area contributed by atoms with Gasteiger partial charge < -0.3 is 9.30 Å². The largest absolute Gasteiger partial charge is 0.456 e. The Kier molecular flexibility index (Phi) is 7.78. The molecule has 162 valence electrons. The Hall–Kier alpha value is -2.42. The predicted molar refractivity (Wildman–Crippen MR) is 112 cm³/mol. The van der Waals surface area contributed by atoms with Crippen LogP contribution in [0.1, 0.15) is 52.8 Å². The van der Waals surface area contributed by atoms with Gasteiger partial charge in [-0.2, -0.15) is 0 Å². The van der Waals surface area contributed by atoms with Gasteiger partial charge in [0.15, 0.2) is 11.2 Å². The van der Waals surface area contributed by atoms with E-state index in [9.17, 15) is 14.4 Å². The first-order valence-electron chi connectivity index (χ1n) is 10.3. The van der Waals surface area contributed by atoms with Gasteiger partial charge >= 0.3 is 11.7 Å². The lowest BCUT2D eigenvalue weighted by atomic mass is 10.0. The van der Waals surface area contributed by atoms with E-state index >= 15 is 0 Å². The number of carbonyl (C=O) groups is 1. The maximum absolute atomic E-state index is 12.6. The number of ether oxygens (including phenoxy) is 1. The Morgan fingerprint density at radius 1 is 1.14 bits per heavy atom. The number of unbranched alkanes of at least 4 members (excludes halogenated alkanes) is 1. The molecule has 29 heavy (non-hydrogen) atoms. The number of imidazole rings is 1. The maximum Gasteiger partial charge on any atom is 0.330 e. The first-order chi connectivity index (χ1) is 13.7. The molecule has 0 unspecified atom stereocenters. The van der Waals surface area contributed by atoms with Crippen molar-refractivity contribution in [1.82, 2.24) is 24.0 Å². The Bertz CT molecular complexity index is 946. The molecule has 0 aliphatic rings. The average Bonchev–Trinajstić information content (AvgIpc) is 2.98. The van der Waals surface area contributed by atoms with E-state index in [1.807, 2.05) is 46.7 Å². The fraction of sp³-hybridized carbons (Fsp3) is 0.700. The summed E-state index contributed by atoms with van der Waals surface area (Å²) in [6, 6.07) is -0.370. The molecular weight excluding hydrogens is 374 g/mol. The molecule has 0 aromatic carbocycles. The Morgan fingerprint density at radius 3 is 2.38 bits per heavy atom. The number of esters is 1. The number of likely N-dealkylation sites (N-methyl/N-ethyl adjacent to an activating group) is 1. The zero-order valence-corrected chi connectivity index (χ0v) is 18.3. The number of hydrogen-bond acceptors (Lipinski definition) is 6. The molecule has 0 fully saturated rings. The van der Waals surface area contributed by atoms with Crippen LogP contribution in [-0.4, -0.2) is 50.1 Å². The second kappa shape index (κ2) is 9.87. The molecule has 0 saturated carbocycles. The number of hydrogen-bond donors (Lipinski definition) is 1. The molecule has 0 bridgehead atoms. The lowest BCUT2D eigenvalue weighted by Crippen LogP contribution is -2.41. The van der Waals surface area contributed by atoms with Gasteiger partial charge in [0.05, 0.1) is 0 Å². The number of aromatic nitrogens is 4. The molecule has 9 heteroatoms. The molecule has 2 aromatic heterocycles. The summed E-state index contributed by atoms with van der Waals surface area (Å²) in [6.07, 6.45) is 2.48. The quantitative estimate of drug-likeness (QED) is 0.602. The lowest BCUT2D eigenvalue weighted by Gasteiger charge is -2.25. The van der Waals surface area contributed by atoms with Gasteiger partial charge in [-0.05, 0) is 32.9 Å². The Balaban J connectivity index is 2.46. The molecule has 0 spiro atoms. The van der Waals surface area contributed by atoms with Gasteiger partial charge in [-0.25, -0.2) is 9.78 Å². The van der Waals surface area contributed by atoms with Gasteiger partial charge in [0.2, 0.25) is 0 Å². The Labute approximate surface area is 170 Å². The number of carbonyl (C=O) groups excluding carboxylic acids is 1. The van der Waals surface area contributed by atoms with Crippen LogP contribution < -0.4 is 11.2 Å². The highest BCUT2D eigenvalue weighted by Gasteiger charge is 2.27. The van der Waals surface area contributed by atoms with Crippen LogP contribution in [-0.2, 0) is 29.2 Å². The van der Waals surface area contributed by atoms with Crippen molar-refractivity contribution in [2.45, 2.75) is 72.7 Å². The molecule has 0 amide bonds. The third kappa shape index (κ3) is 4.95. The van der Waals surface area contributed by atoms with E-state index in [4.69, 9.17) is 4.74 Å². The van der Waals surface area contributed by atoms with E-state index in [2.05, 4.69) is 9.97 Å². The summed E-state index contributed by atoms with van der Waals surface area (Å²) in [7, 11) is 3.68. The van der Waals surface area contributed by atoms with Crippen molar-refractivity contribution in [3.63, 3.8) is 0 Å². The van der Waals surface area contributed by atoms with Crippen molar-refractivity contribution in [2.75, 3.05) is 14.1 Å². The van der Waals surface area contributed by atoms with Crippen molar-refractivity contribution < 1.29 is 9.53 Å². The lowest BCUT2D eigenvalue weighted by molar-refractivity contribution is -0.152. The van der Waals surface area contributed by atoms with Gasteiger partial charge in [-0.1, -0.05) is 34.1 Å². The number of H-pyrrole nitrogens is 1. The molecule has 9 nitrogen and oxygen atoms in total. The topological polar surface area (TPSA) is 102 Å². The third-order valence-corrected chi connectivity index (χ3v) is 4.92. The molecule has 0 aliphatic carbocycles. The third-order valence-electron chi connectivity index (χ3n) is 4.92. The van der Waals surface area contributed by atoms with Crippen molar-refractivity contribution in [3.05, 3.63) is 26.7 Å². The molecule has 2 heterocycles. The minimum absolute atomic E-state index is 0.0496. The zero-order valence-electron chi connectivity index (χ0n) is 18.3. The summed E-state index contributed by atoms with van der Waals surface area (Å²) < 4.78 is 8.80. The van der Waals surface area contributed by atoms with Crippen LogP contribution in [0.5, 0.6) is 0 Å². The van der Waals surface area contributed by atoms with Gasteiger partial charge in [0.1, 0.15) is 18.5 Å². The number of aromatic amines is 1. The number of nitrogens with zero attached hydrogens (tertiary/aromatic N) is 4. The standard InChI is InChI=1S/C20H33N5O4/c1-7-9-11-25-17-16(18(26)22-20(25)28)24(10-8-2)14(21-17)12-29-19(27)15(13(3)4)23(5)6/h13,15H,7-12H2,1-6H3,(H,22,26,28)/t15-/m0/s1. The van der Waals surface area contributed by atoms with Crippen molar-refractivity contribution in [1.29, 1.82) is 0 Å². The summed E-state index contributed by atoms with van der Waals surface area (Å²) in [5.41, 5.74) is -0.237. The fourth-order valence-corrected chi connectivity index (χ4v) is 3.62. The van der Waals surface area contributed by atoms with Crippen LogP contribution in [0.25, 0.3) is 11.2 Å². The van der Waals surface area contributed by atoms with Crippen LogP contribution in [0.3, 0.4) is 0 Å². The number of rotatable bonds is 10. The highest BCUT2D eigenvalue weighted by Crippen LogP contribution is 2.16. The normalized spacial score (nSPS) is 12.8. The van der Waals surface area contributed by atoms with E-state index in [0.29, 0.717) is 30.1 Å². The van der Waals surface area contributed by atoms with Crippen LogP contribution in [0.4, 0.5) is 0 Å². The van der Waals surface area contributed by atoms with Gasteiger partial charge in [0.25, 0.3) is 5.56 Å².